The van der Waals surface area contributed by atoms with Crippen LogP contribution in [-0.2, 0) is 4.74 Å². The Morgan fingerprint density at radius 2 is 2.02 bits per heavy atom. The van der Waals surface area contributed by atoms with E-state index >= 15 is 0 Å². The van der Waals surface area contributed by atoms with Crippen molar-refractivity contribution in [1.82, 2.24) is 24.9 Å². The minimum atomic E-state index is -0.764. The Morgan fingerprint density at radius 3 is 2.85 bits per heavy atom. The summed E-state index contributed by atoms with van der Waals surface area (Å²) in [4.78, 5) is 44.4. The number of methoxy groups -OCH3 is 1. The van der Waals surface area contributed by atoms with E-state index in [1.807, 2.05) is 19.1 Å². The Labute approximate surface area is 234 Å². The van der Waals surface area contributed by atoms with Crippen molar-refractivity contribution in [3.63, 3.8) is 0 Å². The molecular weight excluding hydrogens is 555 g/mol. The molecule has 0 saturated heterocycles. The predicted molar refractivity (Wildman–Crippen MR) is 149 cm³/mol. The zero-order chi connectivity index (χ0) is 28.7. The SMILES string of the molecule is COc1cnc2c(-c3nc4cc(F)c(OC[C@@H](C)OC(=O)Nc5ccc6[nH]c(=O)oc6c5)nc4s3)cc(C)cc2n1. The van der Waals surface area contributed by atoms with Gasteiger partial charge in [0, 0.05) is 23.4 Å². The summed E-state index contributed by atoms with van der Waals surface area (Å²) < 4.78 is 35.9. The zero-order valence-electron chi connectivity index (χ0n) is 21.9. The van der Waals surface area contributed by atoms with Gasteiger partial charge in [-0.15, -0.1) is 0 Å². The number of fused-ring (bicyclic) bond motifs is 3. The van der Waals surface area contributed by atoms with Gasteiger partial charge >= 0.3 is 11.8 Å². The van der Waals surface area contributed by atoms with Crippen LogP contribution < -0.4 is 20.5 Å². The topological polar surface area (TPSA) is 154 Å². The highest BCUT2D eigenvalue weighted by Gasteiger charge is 2.18. The van der Waals surface area contributed by atoms with E-state index in [1.165, 1.54) is 36.8 Å². The first-order chi connectivity index (χ1) is 19.7. The molecule has 0 bridgehead atoms. The third-order valence-electron chi connectivity index (χ3n) is 5.94. The van der Waals surface area contributed by atoms with Crippen LogP contribution in [0.3, 0.4) is 0 Å². The Balaban J connectivity index is 1.15. The lowest BCUT2D eigenvalue weighted by molar-refractivity contribution is 0.0827. The lowest BCUT2D eigenvalue weighted by Gasteiger charge is -2.14. The molecule has 1 atom stereocenters. The number of aryl methyl sites for hydroxylation is 1. The molecule has 2 N–H and O–H groups in total. The fourth-order valence-corrected chi connectivity index (χ4v) is 5.07. The van der Waals surface area contributed by atoms with Gasteiger partial charge in [-0.2, -0.15) is 4.98 Å². The van der Waals surface area contributed by atoms with Crippen LogP contribution >= 0.6 is 11.3 Å². The van der Waals surface area contributed by atoms with Crippen LogP contribution in [0.15, 0.2) is 51.8 Å². The van der Waals surface area contributed by atoms with Crippen LogP contribution in [-0.4, -0.2) is 50.8 Å². The monoisotopic (exact) mass is 576 g/mol. The number of hydrogen-bond donors (Lipinski definition) is 2. The number of oxazole rings is 1. The van der Waals surface area contributed by atoms with Gasteiger partial charge in [-0.3, -0.25) is 10.3 Å². The summed E-state index contributed by atoms with van der Waals surface area (Å²) in [5.74, 6) is -1.15. The molecule has 14 heteroatoms. The summed E-state index contributed by atoms with van der Waals surface area (Å²) in [6.07, 6.45) is 0.0224. The second-order valence-corrected chi connectivity index (χ2v) is 10.1. The molecule has 12 nitrogen and oxygen atoms in total. The lowest BCUT2D eigenvalue weighted by atomic mass is 10.1. The molecule has 0 saturated carbocycles. The Kier molecular flexibility index (Phi) is 6.67. The molecule has 0 aliphatic carbocycles. The minimum Gasteiger partial charge on any atom is -0.480 e. The van der Waals surface area contributed by atoms with Crippen molar-refractivity contribution in [3.05, 3.63) is 64.5 Å². The number of nitrogens with zero attached hydrogens (tertiary/aromatic N) is 4. The number of benzene rings is 2. The molecule has 0 fully saturated rings. The van der Waals surface area contributed by atoms with E-state index in [4.69, 9.17) is 18.6 Å². The van der Waals surface area contributed by atoms with Crippen molar-refractivity contribution in [2.24, 2.45) is 0 Å². The number of thiazole rings is 1. The fraction of sp³-hybridized carbons (Fsp3) is 0.185. The molecule has 4 aromatic heterocycles. The van der Waals surface area contributed by atoms with Crippen molar-refractivity contribution >= 4 is 55.6 Å². The lowest BCUT2D eigenvalue weighted by Crippen LogP contribution is -2.25. The first-order valence-corrected chi connectivity index (χ1v) is 13.1. The van der Waals surface area contributed by atoms with Crippen molar-refractivity contribution in [1.29, 1.82) is 0 Å². The molecule has 2 aromatic carbocycles. The van der Waals surface area contributed by atoms with Crippen molar-refractivity contribution in [3.8, 4) is 22.3 Å². The molecule has 0 spiro atoms. The van der Waals surface area contributed by atoms with E-state index in [9.17, 15) is 14.0 Å². The normalized spacial score (nSPS) is 12.1. The summed E-state index contributed by atoms with van der Waals surface area (Å²) in [5, 5.41) is 3.14. The largest absolute Gasteiger partial charge is 0.480 e. The smallest absolute Gasteiger partial charge is 0.417 e. The highest BCUT2D eigenvalue weighted by Crippen LogP contribution is 2.35. The maximum absolute atomic E-state index is 14.8. The fourth-order valence-electron chi connectivity index (χ4n) is 4.13. The van der Waals surface area contributed by atoms with Gasteiger partial charge in [-0.1, -0.05) is 11.3 Å². The highest BCUT2D eigenvalue weighted by molar-refractivity contribution is 7.21. The van der Waals surface area contributed by atoms with Gasteiger partial charge in [0.2, 0.25) is 5.88 Å². The van der Waals surface area contributed by atoms with Gasteiger partial charge in [-0.25, -0.2) is 28.9 Å². The van der Waals surface area contributed by atoms with E-state index in [0.717, 1.165) is 11.1 Å². The number of halogens is 1. The van der Waals surface area contributed by atoms with Crippen molar-refractivity contribution < 1.29 is 27.8 Å². The summed E-state index contributed by atoms with van der Waals surface area (Å²) in [7, 11) is 1.52. The van der Waals surface area contributed by atoms with Crippen LogP contribution in [0.2, 0.25) is 0 Å². The molecule has 0 aliphatic heterocycles. The Morgan fingerprint density at radius 1 is 1.17 bits per heavy atom. The molecular formula is C27H21FN6O6S. The molecule has 208 valence electrons. The van der Waals surface area contributed by atoms with E-state index in [-0.39, 0.29) is 18.1 Å². The summed E-state index contributed by atoms with van der Waals surface area (Å²) in [6, 6.07) is 9.73. The number of pyridine rings is 1. The predicted octanol–water partition coefficient (Wildman–Crippen LogP) is 5.21. The molecule has 0 unspecified atom stereocenters. The maximum atomic E-state index is 14.8. The van der Waals surface area contributed by atoms with E-state index in [0.29, 0.717) is 43.5 Å². The summed E-state index contributed by atoms with van der Waals surface area (Å²) >= 11 is 1.26. The number of aromatic nitrogens is 5. The Hall–Kier alpha value is -5.11. The summed E-state index contributed by atoms with van der Waals surface area (Å²) in [5.41, 5.74) is 4.49. The second-order valence-electron chi connectivity index (χ2n) is 9.09. The number of nitrogens with one attached hydrogen (secondary N) is 2. The third kappa shape index (κ3) is 5.36. The highest BCUT2D eigenvalue weighted by atomic mass is 32.1. The number of aromatic amines is 1. The summed E-state index contributed by atoms with van der Waals surface area (Å²) in [6.45, 7) is 3.37. The third-order valence-corrected chi connectivity index (χ3v) is 6.94. The van der Waals surface area contributed by atoms with E-state index in [1.54, 1.807) is 19.1 Å². The van der Waals surface area contributed by atoms with Crippen molar-refractivity contribution in [2.75, 3.05) is 19.0 Å². The first-order valence-electron chi connectivity index (χ1n) is 12.3. The van der Waals surface area contributed by atoms with Gasteiger partial charge in [-0.05, 0) is 43.7 Å². The quantitative estimate of drug-likeness (QED) is 0.259. The standard InChI is InChI=1S/C27H21FN6O6S/c1-12-6-15(22-18(7-12)31-21(37-3)10-29-22)24-32-19-9-16(28)23(34-25(19)41-24)38-11-13(2)39-26(35)30-14-4-5-17-20(8-14)40-27(36)33-17/h4-10,13H,11H2,1-3H3,(H,30,35)(H,33,36)/t13-/m1/s1. The molecule has 4 heterocycles. The number of ether oxygens (including phenoxy) is 3. The zero-order valence-corrected chi connectivity index (χ0v) is 22.7. The number of hydrogen-bond acceptors (Lipinski definition) is 11. The number of carbonyl (C=O) groups excluding carboxylic acids is 1. The average Bonchev–Trinajstić information content (AvgIpc) is 3.52. The van der Waals surface area contributed by atoms with Crippen LogP contribution in [0.4, 0.5) is 14.9 Å². The van der Waals surface area contributed by atoms with Gasteiger partial charge in [0.15, 0.2) is 11.4 Å². The van der Waals surface area contributed by atoms with Crippen LogP contribution in [0.25, 0.3) is 43.1 Å². The van der Waals surface area contributed by atoms with Gasteiger partial charge in [0.1, 0.15) is 28.1 Å². The Bertz CT molecular complexity index is 2000. The van der Waals surface area contributed by atoms with Crippen LogP contribution in [0.1, 0.15) is 12.5 Å². The number of amides is 1. The van der Waals surface area contributed by atoms with Crippen molar-refractivity contribution in [2.45, 2.75) is 20.0 Å². The van der Waals surface area contributed by atoms with Gasteiger partial charge in [0.25, 0.3) is 5.88 Å². The first kappa shape index (κ1) is 26.1. The number of rotatable bonds is 7. The second kappa shape index (κ2) is 10.5. The molecule has 6 rings (SSSR count). The molecule has 6 aromatic rings. The number of carbonyl (C=O) groups is 1. The number of H-pyrrole nitrogens is 1. The van der Waals surface area contributed by atoms with Crippen LogP contribution in [0.5, 0.6) is 11.8 Å². The van der Waals surface area contributed by atoms with E-state index in [2.05, 4.69) is 30.2 Å². The van der Waals surface area contributed by atoms with Crippen LogP contribution in [0, 0.1) is 12.7 Å². The minimum absolute atomic E-state index is 0.153. The molecule has 1 amide bonds. The molecule has 0 radical (unpaired) electrons. The average molecular weight is 577 g/mol. The molecule has 41 heavy (non-hydrogen) atoms. The molecule has 0 aliphatic rings. The van der Waals surface area contributed by atoms with Gasteiger partial charge < -0.3 is 18.6 Å². The maximum Gasteiger partial charge on any atom is 0.417 e. The van der Waals surface area contributed by atoms with E-state index < -0.39 is 23.8 Å². The van der Waals surface area contributed by atoms with Gasteiger partial charge in [0.05, 0.1) is 29.9 Å². The number of anilines is 1.